The van der Waals surface area contributed by atoms with E-state index >= 15 is 0 Å². The molecule has 0 bridgehead atoms. The summed E-state index contributed by atoms with van der Waals surface area (Å²) in [4.78, 5) is 1.40. The molecule has 1 aromatic heterocycles. The van der Waals surface area contributed by atoms with Crippen molar-refractivity contribution in [2.75, 3.05) is 6.61 Å². The quantitative estimate of drug-likeness (QED) is 0.557. The Kier molecular flexibility index (Phi) is 1.09. The Morgan fingerprint density at radius 3 is 3.10 bits per heavy atom. The van der Waals surface area contributed by atoms with Gasteiger partial charge in [-0.3, -0.25) is 0 Å². The van der Waals surface area contributed by atoms with E-state index in [1.165, 1.54) is 4.88 Å². The third-order valence-corrected chi connectivity index (χ3v) is 3.09. The van der Waals surface area contributed by atoms with Crippen LogP contribution in [0.4, 0.5) is 0 Å². The third kappa shape index (κ3) is 0.686. The van der Waals surface area contributed by atoms with E-state index in [-0.39, 0.29) is 5.41 Å². The Balaban J connectivity index is 2.54. The summed E-state index contributed by atoms with van der Waals surface area (Å²) in [5.41, 5.74) is 0.253. The smallest absolute Gasteiger partial charge is 0.133 e. The molecule has 2 heteroatoms. The highest BCUT2D eigenvalue weighted by atomic mass is 32.1. The molecule has 1 aromatic rings. The number of hydrogen-bond acceptors (Lipinski definition) is 2. The van der Waals surface area contributed by atoms with Crippen LogP contribution in [0, 0.1) is 0 Å². The van der Waals surface area contributed by atoms with Crippen molar-refractivity contribution in [3.05, 3.63) is 16.3 Å². The van der Waals surface area contributed by atoms with Crippen molar-refractivity contribution in [1.82, 2.24) is 0 Å². The highest BCUT2D eigenvalue weighted by molar-refractivity contribution is 7.10. The lowest BCUT2D eigenvalue weighted by Crippen LogP contribution is -2.17. The lowest BCUT2D eigenvalue weighted by molar-refractivity contribution is 0.291. The first-order valence-corrected chi connectivity index (χ1v) is 4.29. The molecular weight excluding hydrogens is 144 g/mol. The molecule has 0 aliphatic carbocycles. The van der Waals surface area contributed by atoms with Gasteiger partial charge in [-0.05, 0) is 11.4 Å². The molecular formula is C8H10OS. The summed E-state index contributed by atoms with van der Waals surface area (Å²) in [5.74, 6) is 1.09. The molecule has 0 radical (unpaired) electrons. The molecule has 0 fully saturated rings. The van der Waals surface area contributed by atoms with E-state index in [0.29, 0.717) is 0 Å². The number of thiophene rings is 1. The van der Waals surface area contributed by atoms with E-state index < -0.39 is 0 Å². The van der Waals surface area contributed by atoms with E-state index in [1.54, 1.807) is 11.3 Å². The van der Waals surface area contributed by atoms with Crippen LogP contribution >= 0.6 is 11.3 Å². The lowest BCUT2D eigenvalue weighted by Gasteiger charge is -2.12. The van der Waals surface area contributed by atoms with Crippen LogP contribution in [-0.2, 0) is 5.41 Å². The number of hydrogen-bond donors (Lipinski definition) is 0. The maximum absolute atomic E-state index is 5.46. The molecule has 2 heterocycles. The molecule has 10 heavy (non-hydrogen) atoms. The highest BCUT2D eigenvalue weighted by Crippen LogP contribution is 2.41. The van der Waals surface area contributed by atoms with Crippen molar-refractivity contribution >= 4 is 11.3 Å². The maximum Gasteiger partial charge on any atom is 0.133 e. The monoisotopic (exact) mass is 154 g/mol. The summed E-state index contributed by atoms with van der Waals surface area (Å²) in [5, 5.41) is 2.09. The second kappa shape index (κ2) is 1.76. The molecule has 1 aliphatic rings. The predicted octanol–water partition coefficient (Wildman–Crippen LogP) is 2.42. The van der Waals surface area contributed by atoms with E-state index in [0.717, 1.165) is 12.4 Å². The standard InChI is InChI=1S/C8H10OS/c1-8(2)5-9-6-3-4-10-7(6)8/h3-4H,5H2,1-2H3. The average Bonchev–Trinajstić information content (AvgIpc) is 2.36. The molecule has 0 spiro atoms. The zero-order valence-corrected chi connectivity index (χ0v) is 6.99. The Bertz CT molecular complexity index is 250. The van der Waals surface area contributed by atoms with Crippen molar-refractivity contribution in [2.24, 2.45) is 0 Å². The first-order chi connectivity index (χ1) is 4.70. The second-order valence-corrected chi connectivity index (χ2v) is 4.20. The average molecular weight is 154 g/mol. The van der Waals surface area contributed by atoms with Gasteiger partial charge in [0.2, 0.25) is 0 Å². The third-order valence-electron chi connectivity index (χ3n) is 1.83. The Morgan fingerprint density at radius 2 is 2.40 bits per heavy atom. The zero-order chi connectivity index (χ0) is 7.19. The van der Waals surface area contributed by atoms with Crippen LogP contribution in [0.25, 0.3) is 0 Å². The van der Waals surface area contributed by atoms with Gasteiger partial charge in [0.15, 0.2) is 0 Å². The van der Waals surface area contributed by atoms with Crippen molar-refractivity contribution in [2.45, 2.75) is 19.3 Å². The van der Waals surface area contributed by atoms with Crippen LogP contribution in [0.1, 0.15) is 18.7 Å². The van der Waals surface area contributed by atoms with Gasteiger partial charge in [-0.15, -0.1) is 11.3 Å². The normalized spacial score (nSPS) is 20.2. The van der Waals surface area contributed by atoms with Gasteiger partial charge in [0.25, 0.3) is 0 Å². The van der Waals surface area contributed by atoms with Gasteiger partial charge >= 0.3 is 0 Å². The van der Waals surface area contributed by atoms with Crippen molar-refractivity contribution in [1.29, 1.82) is 0 Å². The number of fused-ring (bicyclic) bond motifs is 1. The minimum atomic E-state index is 0.253. The van der Waals surface area contributed by atoms with Gasteiger partial charge < -0.3 is 4.74 Å². The largest absolute Gasteiger partial charge is 0.491 e. The molecule has 1 aliphatic heterocycles. The topological polar surface area (TPSA) is 9.23 Å². The summed E-state index contributed by atoms with van der Waals surface area (Å²) < 4.78 is 5.46. The summed E-state index contributed by atoms with van der Waals surface area (Å²) in [6, 6.07) is 2.05. The molecule has 2 rings (SSSR count). The molecule has 0 saturated carbocycles. The molecule has 0 unspecified atom stereocenters. The molecule has 0 aromatic carbocycles. The number of ether oxygens (including phenoxy) is 1. The summed E-state index contributed by atoms with van der Waals surface area (Å²) in [6.07, 6.45) is 0. The molecule has 0 saturated heterocycles. The fraction of sp³-hybridized carbons (Fsp3) is 0.500. The van der Waals surface area contributed by atoms with Crippen LogP contribution < -0.4 is 4.74 Å². The van der Waals surface area contributed by atoms with Gasteiger partial charge in [0.1, 0.15) is 5.75 Å². The SMILES string of the molecule is CC1(C)COc2ccsc21. The summed E-state index contributed by atoms with van der Waals surface area (Å²) in [6.45, 7) is 5.28. The van der Waals surface area contributed by atoms with Crippen LogP contribution in [-0.4, -0.2) is 6.61 Å². The van der Waals surface area contributed by atoms with E-state index in [1.807, 2.05) is 0 Å². The minimum Gasteiger partial charge on any atom is -0.491 e. The van der Waals surface area contributed by atoms with Crippen LogP contribution in [0.5, 0.6) is 5.75 Å². The Hall–Kier alpha value is -0.500. The van der Waals surface area contributed by atoms with Crippen molar-refractivity contribution in [3.8, 4) is 5.75 Å². The molecule has 0 atom stereocenters. The first-order valence-electron chi connectivity index (χ1n) is 3.41. The van der Waals surface area contributed by atoms with Gasteiger partial charge in [0.05, 0.1) is 11.5 Å². The van der Waals surface area contributed by atoms with E-state index in [9.17, 15) is 0 Å². The Labute approximate surface area is 64.6 Å². The minimum absolute atomic E-state index is 0.253. The molecule has 0 N–H and O–H groups in total. The van der Waals surface area contributed by atoms with Crippen LogP contribution in [0.15, 0.2) is 11.4 Å². The predicted molar refractivity (Wildman–Crippen MR) is 42.8 cm³/mol. The van der Waals surface area contributed by atoms with Gasteiger partial charge in [-0.2, -0.15) is 0 Å². The molecule has 1 nitrogen and oxygen atoms in total. The second-order valence-electron chi connectivity index (χ2n) is 3.29. The van der Waals surface area contributed by atoms with Gasteiger partial charge in [-0.25, -0.2) is 0 Å². The fourth-order valence-corrected chi connectivity index (χ4v) is 2.18. The Morgan fingerprint density at radius 1 is 1.60 bits per heavy atom. The zero-order valence-electron chi connectivity index (χ0n) is 6.18. The highest BCUT2D eigenvalue weighted by Gasteiger charge is 2.32. The van der Waals surface area contributed by atoms with Gasteiger partial charge in [-0.1, -0.05) is 13.8 Å². The van der Waals surface area contributed by atoms with Gasteiger partial charge in [0, 0.05) is 5.41 Å². The summed E-state index contributed by atoms with van der Waals surface area (Å²) in [7, 11) is 0. The fourth-order valence-electron chi connectivity index (χ4n) is 1.23. The van der Waals surface area contributed by atoms with Crippen molar-refractivity contribution < 1.29 is 4.74 Å². The number of rotatable bonds is 0. The van der Waals surface area contributed by atoms with E-state index in [2.05, 4.69) is 25.3 Å². The van der Waals surface area contributed by atoms with Crippen LogP contribution in [0.2, 0.25) is 0 Å². The lowest BCUT2D eigenvalue weighted by atomic mass is 9.95. The first kappa shape index (κ1) is 6.23. The molecule has 54 valence electrons. The summed E-state index contributed by atoms with van der Waals surface area (Å²) >= 11 is 1.79. The van der Waals surface area contributed by atoms with Crippen LogP contribution in [0.3, 0.4) is 0 Å². The molecule has 0 amide bonds. The van der Waals surface area contributed by atoms with E-state index in [4.69, 9.17) is 4.74 Å². The van der Waals surface area contributed by atoms with Crippen molar-refractivity contribution in [3.63, 3.8) is 0 Å². The maximum atomic E-state index is 5.46.